The first-order chi connectivity index (χ1) is 10.6. The fraction of sp³-hybridized carbons (Fsp3) is 0.333. The van der Waals surface area contributed by atoms with E-state index in [-0.39, 0.29) is 10.5 Å². The molecule has 23 heavy (non-hydrogen) atoms. The average molecular weight is 353 g/mol. The van der Waals surface area contributed by atoms with Gasteiger partial charge in [0, 0.05) is 10.2 Å². The maximum Gasteiger partial charge on any atom is 0.327 e. The summed E-state index contributed by atoms with van der Waals surface area (Å²) in [5.74, 6) is -1.61. The minimum absolute atomic E-state index is 0.107. The zero-order chi connectivity index (χ0) is 17.0. The van der Waals surface area contributed by atoms with Crippen LogP contribution < -0.4 is 0 Å². The molecule has 0 saturated carbocycles. The van der Waals surface area contributed by atoms with Crippen molar-refractivity contribution in [1.82, 2.24) is 4.90 Å². The Kier molecular flexibility index (Phi) is 3.57. The minimum atomic E-state index is -3.74. The zero-order valence-electron chi connectivity index (χ0n) is 12.5. The van der Waals surface area contributed by atoms with Crippen LogP contribution in [-0.4, -0.2) is 46.5 Å². The van der Waals surface area contributed by atoms with Crippen molar-refractivity contribution in [3.05, 3.63) is 41.3 Å². The van der Waals surface area contributed by atoms with Crippen molar-refractivity contribution in [3.63, 3.8) is 0 Å². The van der Waals surface area contributed by atoms with Crippen molar-refractivity contribution in [2.24, 2.45) is 0 Å². The van der Waals surface area contributed by atoms with E-state index in [1.54, 1.807) is 32.0 Å². The lowest BCUT2D eigenvalue weighted by Gasteiger charge is -2.38. The van der Waals surface area contributed by atoms with Gasteiger partial charge in [0.2, 0.25) is 0 Å². The molecule has 0 bridgehead atoms. The Labute approximate surface area is 138 Å². The van der Waals surface area contributed by atoms with Crippen LogP contribution in [0.3, 0.4) is 0 Å². The smallest absolute Gasteiger partial charge is 0.327 e. The summed E-state index contributed by atoms with van der Waals surface area (Å²) >= 11 is 1.29. The topological polar surface area (TPSA) is 91.8 Å². The van der Waals surface area contributed by atoms with Crippen molar-refractivity contribution < 1.29 is 23.1 Å². The van der Waals surface area contributed by atoms with Gasteiger partial charge in [-0.15, -0.1) is 11.8 Å². The van der Waals surface area contributed by atoms with Gasteiger partial charge in [-0.2, -0.15) is 0 Å². The molecule has 0 aliphatic carbocycles. The quantitative estimate of drug-likeness (QED) is 0.654. The summed E-state index contributed by atoms with van der Waals surface area (Å²) in [6.07, 6.45) is 0. The number of carbonyl (C=O) groups excluding carboxylic acids is 1. The molecule has 1 aromatic carbocycles. The van der Waals surface area contributed by atoms with Crippen LogP contribution in [0.2, 0.25) is 0 Å². The highest BCUT2D eigenvalue weighted by molar-refractivity contribution is 8.02. The molecule has 2 heterocycles. The van der Waals surface area contributed by atoms with Gasteiger partial charge in [-0.1, -0.05) is 18.2 Å². The molecule has 6 nitrogen and oxygen atoms in total. The van der Waals surface area contributed by atoms with Crippen molar-refractivity contribution in [2.45, 2.75) is 34.9 Å². The van der Waals surface area contributed by atoms with Crippen molar-refractivity contribution in [3.8, 4) is 0 Å². The van der Waals surface area contributed by atoms with Gasteiger partial charge in [-0.3, -0.25) is 4.79 Å². The number of fused-ring (bicyclic) bond motifs is 1. The highest BCUT2D eigenvalue weighted by atomic mass is 32.2. The van der Waals surface area contributed by atoms with E-state index >= 15 is 0 Å². The van der Waals surface area contributed by atoms with Gasteiger partial charge in [0.05, 0.1) is 10.5 Å². The molecule has 0 spiro atoms. The van der Waals surface area contributed by atoms with Gasteiger partial charge < -0.3 is 10.0 Å². The van der Waals surface area contributed by atoms with E-state index in [1.165, 1.54) is 28.8 Å². The minimum Gasteiger partial charge on any atom is -0.480 e. The molecule has 2 fully saturated rings. The monoisotopic (exact) mass is 353 g/mol. The first kappa shape index (κ1) is 16.1. The number of thioether (sulfide) groups is 1. The Balaban J connectivity index is 1.96. The standard InChI is InChI=1S/C15H15NO5S2/c1-15(2)11(14(18)19)16-12(17)10(13(16)22-15)8-23(20,21)9-6-4-3-5-7-9/h3-8,11,13H,1-2H3,(H,18,19)/b10-8-/t11-,13+/m0/s1. The van der Waals surface area contributed by atoms with E-state index in [4.69, 9.17) is 0 Å². The van der Waals surface area contributed by atoms with Crippen LogP contribution >= 0.6 is 11.8 Å². The number of hydrogen-bond donors (Lipinski definition) is 1. The lowest BCUT2D eigenvalue weighted by Crippen LogP contribution is -2.58. The third-order valence-corrected chi connectivity index (χ3v) is 6.97. The maximum atomic E-state index is 12.4. The van der Waals surface area contributed by atoms with Gasteiger partial charge in [0.25, 0.3) is 5.91 Å². The lowest BCUT2D eigenvalue weighted by molar-refractivity contribution is -0.152. The first-order valence-electron chi connectivity index (χ1n) is 6.90. The summed E-state index contributed by atoms with van der Waals surface area (Å²) in [5, 5.41) is 9.78. The second kappa shape index (κ2) is 5.10. The number of carbonyl (C=O) groups is 2. The highest BCUT2D eigenvalue weighted by Gasteiger charge is 2.61. The summed E-state index contributed by atoms with van der Waals surface area (Å²) in [6, 6.07) is 6.87. The van der Waals surface area contributed by atoms with Gasteiger partial charge in [0.1, 0.15) is 11.4 Å². The van der Waals surface area contributed by atoms with Gasteiger partial charge in [0.15, 0.2) is 9.84 Å². The number of β-lactam (4-membered cyclic amide) rings is 1. The number of amides is 1. The number of sulfone groups is 1. The summed E-state index contributed by atoms with van der Waals surface area (Å²) in [6.45, 7) is 3.48. The van der Waals surface area contributed by atoms with Crippen molar-refractivity contribution >= 4 is 33.5 Å². The normalized spacial score (nSPS) is 27.7. The third kappa shape index (κ3) is 2.46. The van der Waals surface area contributed by atoms with Crippen LogP contribution in [0.25, 0.3) is 0 Å². The van der Waals surface area contributed by atoms with Crippen LogP contribution in [0, 0.1) is 0 Å². The summed E-state index contributed by atoms with van der Waals surface area (Å²) < 4.78 is 24.1. The van der Waals surface area contributed by atoms with E-state index in [1.807, 2.05) is 0 Å². The molecule has 0 unspecified atom stereocenters. The molecular formula is C15H15NO5S2. The molecule has 0 aromatic heterocycles. The third-order valence-electron chi connectivity index (χ3n) is 3.94. The predicted octanol–water partition coefficient (Wildman–Crippen LogP) is 1.49. The largest absolute Gasteiger partial charge is 0.480 e. The molecule has 3 rings (SSSR count). The number of hydrogen-bond acceptors (Lipinski definition) is 5. The van der Waals surface area contributed by atoms with Crippen molar-refractivity contribution in [1.29, 1.82) is 0 Å². The lowest BCUT2D eigenvalue weighted by atomic mass is 9.96. The number of carboxylic acid groups (broad SMARTS) is 1. The van der Waals surface area contributed by atoms with Crippen LogP contribution in [-0.2, 0) is 19.4 Å². The van der Waals surface area contributed by atoms with E-state index in [0.29, 0.717) is 0 Å². The molecule has 1 aromatic rings. The SMILES string of the molecule is CC1(C)S[C@@H]2/C(=C\S(=O)(=O)c3ccccc3)C(=O)N2[C@H]1C(=O)O. The average Bonchev–Trinajstić information content (AvgIpc) is 2.74. The van der Waals surface area contributed by atoms with Crippen LogP contribution in [0.5, 0.6) is 0 Å². The molecule has 2 aliphatic rings. The van der Waals surface area contributed by atoms with Gasteiger partial charge >= 0.3 is 5.97 Å². The van der Waals surface area contributed by atoms with Crippen LogP contribution in [0.15, 0.2) is 46.2 Å². The molecule has 2 aliphatic heterocycles. The fourth-order valence-corrected chi connectivity index (χ4v) is 5.74. The first-order valence-corrected chi connectivity index (χ1v) is 9.33. The number of benzene rings is 1. The number of aliphatic carboxylic acids is 1. The molecule has 2 atom stereocenters. The molecule has 2 saturated heterocycles. The molecule has 1 N–H and O–H groups in total. The van der Waals surface area contributed by atoms with E-state index in [0.717, 1.165) is 5.41 Å². The van der Waals surface area contributed by atoms with E-state index < -0.39 is 37.9 Å². The van der Waals surface area contributed by atoms with Gasteiger partial charge in [-0.05, 0) is 26.0 Å². The van der Waals surface area contributed by atoms with Crippen LogP contribution in [0.4, 0.5) is 0 Å². The fourth-order valence-electron chi connectivity index (χ4n) is 2.88. The molecule has 8 heteroatoms. The summed E-state index contributed by atoms with van der Waals surface area (Å²) in [5.41, 5.74) is 0.135. The number of rotatable bonds is 3. The number of nitrogens with zero attached hydrogens (tertiary/aromatic N) is 1. The highest BCUT2D eigenvalue weighted by Crippen LogP contribution is 2.53. The maximum absolute atomic E-state index is 12.4. The molecule has 0 radical (unpaired) electrons. The summed E-state index contributed by atoms with van der Waals surface area (Å²) in [4.78, 5) is 25.0. The molecule has 122 valence electrons. The Hall–Kier alpha value is -1.80. The van der Waals surface area contributed by atoms with E-state index in [9.17, 15) is 23.1 Å². The zero-order valence-corrected chi connectivity index (χ0v) is 14.1. The summed E-state index contributed by atoms with van der Waals surface area (Å²) in [7, 11) is -3.74. The Morgan fingerprint density at radius 3 is 2.48 bits per heavy atom. The molecular weight excluding hydrogens is 338 g/mol. The van der Waals surface area contributed by atoms with Crippen LogP contribution in [0.1, 0.15) is 13.8 Å². The van der Waals surface area contributed by atoms with E-state index in [2.05, 4.69) is 0 Å². The second-order valence-electron chi connectivity index (χ2n) is 5.96. The Morgan fingerprint density at radius 1 is 1.30 bits per heavy atom. The Bertz CT molecular complexity index is 814. The Morgan fingerprint density at radius 2 is 1.91 bits per heavy atom. The van der Waals surface area contributed by atoms with Crippen molar-refractivity contribution in [2.75, 3.05) is 0 Å². The molecule has 1 amide bonds. The predicted molar refractivity (Wildman–Crippen MR) is 85.4 cm³/mol. The second-order valence-corrected chi connectivity index (χ2v) is 9.49. The number of carboxylic acids is 1. The van der Waals surface area contributed by atoms with Gasteiger partial charge in [-0.25, -0.2) is 13.2 Å².